The molecule has 1 N–H and O–H groups in total. The maximum atomic E-state index is 14.5. The maximum absolute atomic E-state index is 14.5. The van der Waals surface area contributed by atoms with Gasteiger partial charge in [-0.3, -0.25) is 13.9 Å². The smallest absolute Gasteiger partial charge is 0.264 e. The minimum absolute atomic E-state index is 0.0109. The van der Waals surface area contributed by atoms with Crippen LogP contribution in [0.15, 0.2) is 106 Å². The third-order valence-electron chi connectivity index (χ3n) is 7.23. The van der Waals surface area contributed by atoms with Crippen LogP contribution < -0.4 is 14.4 Å². The number of amides is 2. The fraction of sp³-hybridized carbons (Fsp3) is 0.235. The van der Waals surface area contributed by atoms with E-state index in [1.165, 1.54) is 24.1 Å². The van der Waals surface area contributed by atoms with Crippen molar-refractivity contribution in [3.05, 3.63) is 123 Å². The maximum Gasteiger partial charge on any atom is 0.264 e. The van der Waals surface area contributed by atoms with Crippen LogP contribution in [0.3, 0.4) is 0 Å². The Balaban J connectivity index is 1.81. The normalized spacial score (nSPS) is 11.8. The Labute approximate surface area is 278 Å². The molecule has 0 saturated carbocycles. The van der Waals surface area contributed by atoms with E-state index in [0.717, 1.165) is 15.4 Å². The fourth-order valence-corrected chi connectivity index (χ4v) is 7.16. The zero-order chi connectivity index (χ0) is 32.6. The molecular formula is C34H35BrClN3O5S. The number of rotatable bonds is 13. The van der Waals surface area contributed by atoms with Crippen LogP contribution in [0.4, 0.5) is 5.69 Å². The molecule has 4 aromatic rings. The topological polar surface area (TPSA) is 96.0 Å². The van der Waals surface area contributed by atoms with Gasteiger partial charge in [0.05, 0.1) is 22.2 Å². The highest BCUT2D eigenvalue weighted by atomic mass is 79.9. The van der Waals surface area contributed by atoms with Gasteiger partial charge in [-0.05, 0) is 77.3 Å². The molecule has 0 aliphatic heterocycles. The molecule has 0 radical (unpaired) electrons. The minimum Gasteiger partial charge on any atom is -0.496 e. The van der Waals surface area contributed by atoms with Crippen LogP contribution in [0.2, 0.25) is 5.02 Å². The first-order chi connectivity index (χ1) is 21.5. The van der Waals surface area contributed by atoms with Crippen molar-refractivity contribution in [3.63, 3.8) is 0 Å². The molecule has 11 heteroatoms. The first-order valence-corrected chi connectivity index (χ1v) is 16.9. The van der Waals surface area contributed by atoms with Crippen LogP contribution in [0, 0.1) is 6.92 Å². The van der Waals surface area contributed by atoms with Crippen LogP contribution in [0.1, 0.15) is 23.6 Å². The SMILES string of the molecule is CCNC(=O)C(Cc1ccccc1)N(Cc1ccccc1Cl)C(=O)CN(c1ccc(C)cc1)S(=O)(=O)c1ccc(OC)c(Br)c1. The van der Waals surface area contributed by atoms with E-state index in [1.54, 1.807) is 61.5 Å². The summed E-state index contributed by atoms with van der Waals surface area (Å²) >= 11 is 9.90. The van der Waals surface area contributed by atoms with Crippen molar-refractivity contribution in [2.45, 2.75) is 37.8 Å². The average molecular weight is 713 g/mol. The van der Waals surface area contributed by atoms with E-state index in [2.05, 4.69) is 21.2 Å². The lowest BCUT2D eigenvalue weighted by Crippen LogP contribution is -2.53. The number of likely N-dealkylation sites (N-methyl/N-ethyl adjacent to an activating group) is 1. The van der Waals surface area contributed by atoms with Crippen molar-refractivity contribution in [1.82, 2.24) is 10.2 Å². The highest BCUT2D eigenvalue weighted by molar-refractivity contribution is 9.10. The number of methoxy groups -OCH3 is 1. The fourth-order valence-electron chi connectivity index (χ4n) is 4.83. The molecule has 2 amide bonds. The van der Waals surface area contributed by atoms with Gasteiger partial charge < -0.3 is 15.0 Å². The third-order valence-corrected chi connectivity index (χ3v) is 9.99. The van der Waals surface area contributed by atoms with Gasteiger partial charge in [-0.25, -0.2) is 8.42 Å². The standard InChI is InChI=1S/C34H35BrClN3O5S/c1-4-37-34(41)31(20-25-10-6-5-7-11-25)38(22-26-12-8-9-13-30(26)36)33(40)23-39(27-16-14-24(2)15-17-27)45(42,43)28-18-19-32(44-3)29(35)21-28/h5-19,21,31H,4,20,22-23H2,1-3H3,(H,37,41). The van der Waals surface area contributed by atoms with Gasteiger partial charge in [0.1, 0.15) is 18.3 Å². The van der Waals surface area contributed by atoms with Crippen molar-refractivity contribution in [2.75, 3.05) is 24.5 Å². The molecule has 0 fully saturated rings. The number of benzene rings is 4. The number of carbonyl (C=O) groups excluding carboxylic acids is 2. The number of halogens is 2. The summed E-state index contributed by atoms with van der Waals surface area (Å²) in [5, 5.41) is 3.28. The summed E-state index contributed by atoms with van der Waals surface area (Å²) in [4.78, 5) is 29.4. The van der Waals surface area contributed by atoms with Gasteiger partial charge in [-0.15, -0.1) is 0 Å². The number of carbonyl (C=O) groups is 2. The highest BCUT2D eigenvalue weighted by Crippen LogP contribution is 2.31. The monoisotopic (exact) mass is 711 g/mol. The van der Waals surface area contributed by atoms with Crippen molar-refractivity contribution in [2.24, 2.45) is 0 Å². The molecule has 0 spiro atoms. The van der Waals surface area contributed by atoms with E-state index in [0.29, 0.717) is 33.0 Å². The van der Waals surface area contributed by atoms with E-state index in [1.807, 2.05) is 37.3 Å². The number of anilines is 1. The molecule has 1 unspecified atom stereocenters. The predicted octanol–water partition coefficient (Wildman–Crippen LogP) is 6.39. The molecule has 4 rings (SSSR count). The van der Waals surface area contributed by atoms with Gasteiger partial charge in [-0.2, -0.15) is 0 Å². The van der Waals surface area contributed by atoms with Gasteiger partial charge >= 0.3 is 0 Å². The molecule has 0 bridgehead atoms. The number of aryl methyl sites for hydroxylation is 1. The summed E-state index contributed by atoms with van der Waals surface area (Å²) in [7, 11) is -2.78. The van der Waals surface area contributed by atoms with Crippen LogP contribution in [-0.4, -0.2) is 51.4 Å². The molecule has 0 aliphatic carbocycles. The van der Waals surface area contributed by atoms with Crippen LogP contribution in [0.5, 0.6) is 5.75 Å². The summed E-state index contributed by atoms with van der Waals surface area (Å²) in [5.74, 6) is -0.465. The predicted molar refractivity (Wildman–Crippen MR) is 181 cm³/mol. The number of sulfonamides is 1. The zero-order valence-corrected chi connectivity index (χ0v) is 28.4. The molecule has 4 aromatic carbocycles. The zero-order valence-electron chi connectivity index (χ0n) is 25.2. The molecule has 236 valence electrons. The number of hydrogen-bond donors (Lipinski definition) is 1. The molecule has 0 saturated heterocycles. The van der Waals surface area contributed by atoms with Gasteiger partial charge in [0.25, 0.3) is 10.0 Å². The van der Waals surface area contributed by atoms with Crippen molar-refractivity contribution < 1.29 is 22.7 Å². The first kappa shape index (κ1) is 34.0. The highest BCUT2D eigenvalue weighted by Gasteiger charge is 2.35. The summed E-state index contributed by atoms with van der Waals surface area (Å²) in [6.07, 6.45) is 0.214. The number of nitrogens with one attached hydrogen (secondary N) is 1. The Hall–Kier alpha value is -3.86. The van der Waals surface area contributed by atoms with E-state index in [9.17, 15) is 18.0 Å². The summed E-state index contributed by atoms with van der Waals surface area (Å²) < 4.78 is 35.3. The molecule has 8 nitrogen and oxygen atoms in total. The Morgan fingerprint density at radius 3 is 2.24 bits per heavy atom. The lowest BCUT2D eigenvalue weighted by Gasteiger charge is -2.34. The van der Waals surface area contributed by atoms with E-state index >= 15 is 0 Å². The average Bonchev–Trinajstić information content (AvgIpc) is 3.03. The van der Waals surface area contributed by atoms with Crippen molar-refractivity contribution in [3.8, 4) is 5.75 Å². The van der Waals surface area contributed by atoms with Crippen molar-refractivity contribution >= 4 is 55.1 Å². The Morgan fingerprint density at radius 2 is 1.62 bits per heavy atom. The summed E-state index contributed by atoms with van der Waals surface area (Å²) in [5.41, 5.74) is 2.70. The van der Waals surface area contributed by atoms with Crippen LogP contribution in [-0.2, 0) is 32.6 Å². The third kappa shape index (κ3) is 8.45. The second-order valence-electron chi connectivity index (χ2n) is 10.4. The second kappa shape index (κ2) is 15.4. The largest absolute Gasteiger partial charge is 0.496 e. The summed E-state index contributed by atoms with van der Waals surface area (Å²) in [6, 6.07) is 26.8. The Kier molecular flexibility index (Phi) is 11.7. The lowest BCUT2D eigenvalue weighted by atomic mass is 10.0. The first-order valence-electron chi connectivity index (χ1n) is 14.3. The van der Waals surface area contributed by atoms with Gasteiger partial charge in [0.15, 0.2) is 0 Å². The second-order valence-corrected chi connectivity index (χ2v) is 13.5. The molecule has 0 heterocycles. The Morgan fingerprint density at radius 1 is 0.956 bits per heavy atom. The number of hydrogen-bond acceptors (Lipinski definition) is 5. The minimum atomic E-state index is -4.27. The number of nitrogens with zero attached hydrogens (tertiary/aromatic N) is 2. The Bertz CT molecular complexity index is 1740. The van der Waals surface area contributed by atoms with Gasteiger partial charge in [-0.1, -0.05) is 77.8 Å². The van der Waals surface area contributed by atoms with Gasteiger partial charge in [0.2, 0.25) is 11.8 Å². The van der Waals surface area contributed by atoms with E-state index in [4.69, 9.17) is 16.3 Å². The van der Waals surface area contributed by atoms with E-state index < -0.39 is 28.5 Å². The van der Waals surface area contributed by atoms with Crippen LogP contribution in [0.25, 0.3) is 0 Å². The molecule has 0 aromatic heterocycles. The molecular weight excluding hydrogens is 678 g/mol. The lowest BCUT2D eigenvalue weighted by molar-refractivity contribution is -0.140. The van der Waals surface area contributed by atoms with Crippen LogP contribution >= 0.6 is 27.5 Å². The van der Waals surface area contributed by atoms with Gasteiger partial charge in [0, 0.05) is 24.5 Å². The molecule has 45 heavy (non-hydrogen) atoms. The molecule has 0 aliphatic rings. The number of ether oxygens (including phenoxy) is 1. The van der Waals surface area contributed by atoms with Crippen molar-refractivity contribution in [1.29, 1.82) is 0 Å². The molecule has 1 atom stereocenters. The quantitative estimate of drug-likeness (QED) is 0.173. The van der Waals surface area contributed by atoms with E-state index in [-0.39, 0.29) is 23.8 Å². The summed E-state index contributed by atoms with van der Waals surface area (Å²) in [6.45, 7) is 3.47.